The molecule has 0 bridgehead atoms. The van der Waals surface area contributed by atoms with E-state index in [0.29, 0.717) is 6.42 Å². The van der Waals surface area contributed by atoms with Crippen molar-refractivity contribution in [2.75, 3.05) is 0 Å². The van der Waals surface area contributed by atoms with Crippen LogP contribution in [-0.4, -0.2) is 12.2 Å². The van der Waals surface area contributed by atoms with Crippen molar-refractivity contribution in [1.82, 2.24) is 5.43 Å². The third kappa shape index (κ3) is 3.70. The summed E-state index contributed by atoms with van der Waals surface area (Å²) in [6, 6.07) is 8.03. The second-order valence-corrected chi connectivity index (χ2v) is 5.12. The molecular weight excluding hydrogens is 253 g/mol. The lowest BCUT2D eigenvalue weighted by Crippen LogP contribution is -2.39. The first-order chi connectivity index (χ1) is 9.01. The fraction of sp³-hybridized carbons (Fsp3) is 0.571. The Morgan fingerprint density at radius 1 is 1.32 bits per heavy atom. The van der Waals surface area contributed by atoms with Crippen LogP contribution in [0.5, 0.6) is 0 Å². The Morgan fingerprint density at radius 2 is 2.05 bits per heavy atom. The molecule has 106 valence electrons. The van der Waals surface area contributed by atoms with Crippen LogP contribution in [-0.2, 0) is 6.42 Å². The van der Waals surface area contributed by atoms with Crippen LogP contribution in [0.2, 0.25) is 0 Å². The minimum atomic E-state index is -4.08. The molecule has 0 spiro atoms. The van der Waals surface area contributed by atoms with Gasteiger partial charge >= 0.3 is 6.18 Å². The number of hydrogen-bond acceptors (Lipinski definition) is 2. The van der Waals surface area contributed by atoms with Crippen molar-refractivity contribution in [3.63, 3.8) is 0 Å². The van der Waals surface area contributed by atoms with E-state index in [2.05, 4.69) is 17.6 Å². The first-order valence-corrected chi connectivity index (χ1v) is 6.62. The lowest BCUT2D eigenvalue weighted by atomic mass is 9.90. The maximum atomic E-state index is 12.2. The molecule has 2 rings (SSSR count). The Morgan fingerprint density at radius 3 is 2.74 bits per heavy atom. The lowest BCUT2D eigenvalue weighted by molar-refractivity contribution is -0.135. The van der Waals surface area contributed by atoms with Crippen LogP contribution in [0.1, 0.15) is 42.7 Å². The molecule has 0 amide bonds. The first-order valence-electron chi connectivity index (χ1n) is 6.62. The fourth-order valence-electron chi connectivity index (χ4n) is 2.93. The third-order valence-corrected chi connectivity index (χ3v) is 3.85. The number of aryl methyl sites for hydroxylation is 1. The number of hydrazine groups is 1. The summed E-state index contributed by atoms with van der Waals surface area (Å²) in [5.41, 5.74) is 5.23. The topological polar surface area (TPSA) is 38.0 Å². The van der Waals surface area contributed by atoms with Crippen LogP contribution in [0, 0.1) is 0 Å². The monoisotopic (exact) mass is 272 g/mol. The quantitative estimate of drug-likeness (QED) is 0.637. The third-order valence-electron chi connectivity index (χ3n) is 3.85. The zero-order valence-corrected chi connectivity index (χ0v) is 10.7. The summed E-state index contributed by atoms with van der Waals surface area (Å²) >= 11 is 0. The average Bonchev–Trinajstić information content (AvgIpc) is 2.77. The molecule has 3 N–H and O–H groups in total. The normalized spacial score (nSPS) is 20.3. The second-order valence-electron chi connectivity index (χ2n) is 5.12. The van der Waals surface area contributed by atoms with Crippen molar-refractivity contribution in [3.8, 4) is 0 Å². The van der Waals surface area contributed by atoms with Gasteiger partial charge in [0.1, 0.15) is 0 Å². The van der Waals surface area contributed by atoms with Crippen LogP contribution >= 0.6 is 0 Å². The zero-order chi connectivity index (χ0) is 13.9. The molecule has 1 aliphatic rings. The van der Waals surface area contributed by atoms with E-state index in [-0.39, 0.29) is 18.4 Å². The molecule has 1 aliphatic carbocycles. The minimum absolute atomic E-state index is 0.0778. The maximum Gasteiger partial charge on any atom is 0.389 e. The highest BCUT2D eigenvalue weighted by Gasteiger charge is 2.31. The van der Waals surface area contributed by atoms with Crippen molar-refractivity contribution in [1.29, 1.82) is 0 Å². The molecule has 1 aromatic rings. The number of hydrogen-bond donors (Lipinski definition) is 2. The molecule has 5 heteroatoms. The number of halogens is 3. The summed E-state index contributed by atoms with van der Waals surface area (Å²) in [7, 11) is 0. The van der Waals surface area contributed by atoms with Gasteiger partial charge in [0.25, 0.3) is 0 Å². The van der Waals surface area contributed by atoms with Gasteiger partial charge in [-0.25, -0.2) is 0 Å². The highest BCUT2D eigenvalue weighted by atomic mass is 19.4. The van der Waals surface area contributed by atoms with Gasteiger partial charge in [0.05, 0.1) is 0 Å². The number of alkyl halides is 3. The largest absolute Gasteiger partial charge is 0.389 e. The summed E-state index contributed by atoms with van der Waals surface area (Å²) in [6.45, 7) is 0. The summed E-state index contributed by atoms with van der Waals surface area (Å²) in [5, 5.41) is 0. The van der Waals surface area contributed by atoms with Gasteiger partial charge in [0.2, 0.25) is 0 Å². The van der Waals surface area contributed by atoms with Crippen LogP contribution in [0.4, 0.5) is 13.2 Å². The molecule has 0 aromatic heterocycles. The second kappa shape index (κ2) is 5.92. The molecule has 0 fully saturated rings. The summed E-state index contributed by atoms with van der Waals surface area (Å²) in [6.07, 6.45) is -2.29. The van der Waals surface area contributed by atoms with E-state index < -0.39 is 12.6 Å². The van der Waals surface area contributed by atoms with Crippen LogP contribution in [0.3, 0.4) is 0 Å². The van der Waals surface area contributed by atoms with E-state index in [1.165, 1.54) is 11.1 Å². The van der Waals surface area contributed by atoms with Gasteiger partial charge < -0.3 is 0 Å². The predicted octanol–water partition coefficient (Wildman–Crippen LogP) is 3.28. The lowest BCUT2D eigenvalue weighted by Gasteiger charge is -2.24. The van der Waals surface area contributed by atoms with E-state index in [1.54, 1.807) is 0 Å². The van der Waals surface area contributed by atoms with Crippen molar-refractivity contribution >= 4 is 0 Å². The van der Waals surface area contributed by atoms with Crippen molar-refractivity contribution in [3.05, 3.63) is 35.4 Å². The van der Waals surface area contributed by atoms with E-state index in [0.717, 1.165) is 12.8 Å². The van der Waals surface area contributed by atoms with E-state index in [9.17, 15) is 13.2 Å². The Hall–Kier alpha value is -1.07. The summed E-state index contributed by atoms with van der Waals surface area (Å²) in [4.78, 5) is 0. The Labute approximate surface area is 111 Å². The fourth-order valence-corrected chi connectivity index (χ4v) is 2.93. The smallest absolute Gasteiger partial charge is 0.271 e. The Kier molecular flexibility index (Phi) is 4.47. The van der Waals surface area contributed by atoms with E-state index >= 15 is 0 Å². The molecule has 0 saturated carbocycles. The Balaban J connectivity index is 1.96. The van der Waals surface area contributed by atoms with Crippen LogP contribution < -0.4 is 11.3 Å². The van der Waals surface area contributed by atoms with Gasteiger partial charge in [-0.1, -0.05) is 24.3 Å². The molecule has 2 atom stereocenters. The average molecular weight is 272 g/mol. The van der Waals surface area contributed by atoms with Gasteiger partial charge in [-0.15, -0.1) is 0 Å². The SMILES string of the molecule is NNC(CCCC(F)(F)F)C1CCc2ccccc21. The van der Waals surface area contributed by atoms with Gasteiger partial charge in [-0.05, 0) is 36.8 Å². The number of nitrogens with two attached hydrogens (primary N) is 1. The maximum absolute atomic E-state index is 12.2. The zero-order valence-electron chi connectivity index (χ0n) is 10.7. The first kappa shape index (κ1) is 14.3. The predicted molar refractivity (Wildman–Crippen MR) is 68.5 cm³/mol. The van der Waals surface area contributed by atoms with Gasteiger partial charge in [0, 0.05) is 18.4 Å². The minimum Gasteiger partial charge on any atom is -0.271 e. The van der Waals surface area contributed by atoms with Gasteiger partial charge in [-0.3, -0.25) is 11.3 Å². The number of rotatable bonds is 5. The molecule has 0 saturated heterocycles. The van der Waals surface area contributed by atoms with Crippen molar-refractivity contribution in [2.45, 2.75) is 50.2 Å². The standard InChI is InChI=1S/C14H19F3N2/c15-14(16,17)9-3-6-13(19-18)12-8-7-10-4-1-2-5-11(10)12/h1-2,4-5,12-13,19H,3,6-9,18H2. The Bertz CT molecular complexity index is 417. The summed E-state index contributed by atoms with van der Waals surface area (Å²) in [5.74, 6) is 5.76. The molecular formula is C14H19F3N2. The summed E-state index contributed by atoms with van der Waals surface area (Å²) < 4.78 is 36.5. The molecule has 1 aromatic carbocycles. The van der Waals surface area contributed by atoms with Crippen LogP contribution in [0.15, 0.2) is 24.3 Å². The molecule has 2 nitrogen and oxygen atoms in total. The van der Waals surface area contributed by atoms with Gasteiger partial charge in [0.15, 0.2) is 0 Å². The highest BCUT2D eigenvalue weighted by molar-refractivity contribution is 5.35. The van der Waals surface area contributed by atoms with Crippen molar-refractivity contribution < 1.29 is 13.2 Å². The highest BCUT2D eigenvalue weighted by Crippen LogP contribution is 2.37. The van der Waals surface area contributed by atoms with Crippen molar-refractivity contribution in [2.24, 2.45) is 5.84 Å². The number of nitrogens with one attached hydrogen (secondary N) is 1. The molecule has 0 heterocycles. The number of benzene rings is 1. The molecule has 19 heavy (non-hydrogen) atoms. The molecule has 0 aliphatic heterocycles. The number of fused-ring (bicyclic) bond motifs is 1. The van der Waals surface area contributed by atoms with E-state index in [4.69, 9.17) is 5.84 Å². The van der Waals surface area contributed by atoms with Gasteiger partial charge in [-0.2, -0.15) is 13.2 Å². The van der Waals surface area contributed by atoms with Crippen LogP contribution in [0.25, 0.3) is 0 Å². The van der Waals surface area contributed by atoms with E-state index in [1.807, 2.05) is 12.1 Å². The molecule has 2 unspecified atom stereocenters. The molecule has 0 radical (unpaired) electrons.